The first-order valence-electron chi connectivity index (χ1n) is 31.8. The zero-order valence-electron chi connectivity index (χ0n) is 50.4. The van der Waals surface area contributed by atoms with Crippen LogP contribution in [0.4, 0.5) is 0 Å². The first kappa shape index (κ1) is 73.3. The number of carbonyl (C=O) groups excluding carboxylic acids is 3. The Hall–Kier alpha value is -4.71. The molecule has 0 radical (unpaired) electrons. The lowest BCUT2D eigenvalue weighted by atomic mass is 10.0. The van der Waals surface area contributed by atoms with Crippen molar-refractivity contribution in [3.63, 3.8) is 0 Å². The molecule has 0 aliphatic heterocycles. The molecule has 0 bridgehead atoms. The molecule has 0 aromatic heterocycles. The second kappa shape index (κ2) is 64.8. The highest BCUT2D eigenvalue weighted by atomic mass is 16.6. The Kier molecular flexibility index (Phi) is 60.9. The third-order valence-electron chi connectivity index (χ3n) is 13.1. The van der Waals surface area contributed by atoms with Gasteiger partial charge in [0.1, 0.15) is 13.2 Å². The van der Waals surface area contributed by atoms with Crippen LogP contribution >= 0.6 is 0 Å². The van der Waals surface area contributed by atoms with Gasteiger partial charge in [0.2, 0.25) is 0 Å². The fourth-order valence-electron chi connectivity index (χ4n) is 8.40. The molecule has 0 saturated carbocycles. The summed E-state index contributed by atoms with van der Waals surface area (Å²) in [6, 6.07) is 0. The summed E-state index contributed by atoms with van der Waals surface area (Å²) in [6.45, 7) is 6.36. The van der Waals surface area contributed by atoms with Crippen molar-refractivity contribution in [1.29, 1.82) is 0 Å². The van der Waals surface area contributed by atoms with Crippen LogP contribution in [0.1, 0.15) is 271 Å². The zero-order valence-corrected chi connectivity index (χ0v) is 50.4. The van der Waals surface area contributed by atoms with Gasteiger partial charge in [-0.2, -0.15) is 0 Å². The van der Waals surface area contributed by atoms with E-state index in [4.69, 9.17) is 14.2 Å². The molecule has 78 heavy (non-hydrogen) atoms. The highest BCUT2D eigenvalue weighted by Crippen LogP contribution is 2.15. The maximum atomic E-state index is 12.9. The van der Waals surface area contributed by atoms with E-state index in [-0.39, 0.29) is 37.5 Å². The summed E-state index contributed by atoms with van der Waals surface area (Å²) in [5.41, 5.74) is 0. The van der Waals surface area contributed by atoms with E-state index in [9.17, 15) is 14.4 Å². The molecule has 0 rings (SSSR count). The van der Waals surface area contributed by atoms with E-state index < -0.39 is 6.10 Å². The molecule has 0 fully saturated rings. The van der Waals surface area contributed by atoms with E-state index in [0.29, 0.717) is 19.3 Å². The lowest BCUT2D eigenvalue weighted by Gasteiger charge is -2.18. The van der Waals surface area contributed by atoms with Crippen LogP contribution in [-0.2, 0) is 28.6 Å². The van der Waals surface area contributed by atoms with Crippen LogP contribution in [0.3, 0.4) is 0 Å². The molecular weight excluding hydrogens is 961 g/mol. The first-order chi connectivity index (χ1) is 38.5. The van der Waals surface area contributed by atoms with Crippen molar-refractivity contribution in [2.24, 2.45) is 0 Å². The van der Waals surface area contributed by atoms with Gasteiger partial charge in [-0.05, 0) is 116 Å². The molecule has 0 aromatic rings. The molecule has 6 nitrogen and oxygen atoms in total. The number of ether oxygens (including phenoxy) is 3. The average molecular weight is 1080 g/mol. The lowest BCUT2D eigenvalue weighted by Crippen LogP contribution is -2.30. The summed E-state index contributed by atoms with van der Waals surface area (Å²) < 4.78 is 16.8. The fourth-order valence-corrected chi connectivity index (χ4v) is 8.40. The number of allylic oxidation sites excluding steroid dienone is 24. The maximum absolute atomic E-state index is 12.9. The number of hydrogen-bond acceptors (Lipinski definition) is 6. The summed E-state index contributed by atoms with van der Waals surface area (Å²) >= 11 is 0. The van der Waals surface area contributed by atoms with Crippen molar-refractivity contribution >= 4 is 17.9 Å². The molecule has 0 aromatic carbocycles. The van der Waals surface area contributed by atoms with Crippen molar-refractivity contribution in [1.82, 2.24) is 0 Å². The van der Waals surface area contributed by atoms with E-state index in [2.05, 4.69) is 167 Å². The topological polar surface area (TPSA) is 78.9 Å². The van der Waals surface area contributed by atoms with E-state index in [0.717, 1.165) is 141 Å². The van der Waals surface area contributed by atoms with Crippen molar-refractivity contribution < 1.29 is 28.6 Å². The number of rotatable bonds is 56. The third kappa shape index (κ3) is 62.1. The van der Waals surface area contributed by atoms with Gasteiger partial charge in [0.25, 0.3) is 0 Å². The average Bonchev–Trinajstić information content (AvgIpc) is 3.44. The van der Waals surface area contributed by atoms with E-state index in [1.54, 1.807) is 0 Å². The van der Waals surface area contributed by atoms with Gasteiger partial charge in [0, 0.05) is 19.3 Å². The van der Waals surface area contributed by atoms with Gasteiger partial charge in [-0.3, -0.25) is 14.4 Å². The van der Waals surface area contributed by atoms with E-state index in [1.807, 2.05) is 0 Å². The maximum Gasteiger partial charge on any atom is 0.306 e. The quantitative estimate of drug-likeness (QED) is 0.0261. The molecule has 1 atom stereocenters. The smallest absolute Gasteiger partial charge is 0.306 e. The normalized spacial score (nSPS) is 13.1. The molecule has 0 aliphatic carbocycles. The second-order valence-electron chi connectivity index (χ2n) is 20.6. The van der Waals surface area contributed by atoms with E-state index >= 15 is 0 Å². The third-order valence-corrected chi connectivity index (χ3v) is 13.1. The van der Waals surface area contributed by atoms with Crippen molar-refractivity contribution in [2.45, 2.75) is 277 Å². The van der Waals surface area contributed by atoms with Crippen LogP contribution in [0.5, 0.6) is 0 Å². The summed E-state index contributed by atoms with van der Waals surface area (Å²) in [7, 11) is 0. The van der Waals surface area contributed by atoms with Crippen LogP contribution in [0.2, 0.25) is 0 Å². The Bertz CT molecular complexity index is 1710. The molecule has 0 saturated heterocycles. The van der Waals surface area contributed by atoms with Gasteiger partial charge < -0.3 is 14.2 Å². The van der Waals surface area contributed by atoms with Crippen LogP contribution in [0, 0.1) is 0 Å². The predicted molar refractivity (Wildman–Crippen MR) is 339 cm³/mol. The van der Waals surface area contributed by atoms with Gasteiger partial charge in [-0.25, -0.2) is 0 Å². The van der Waals surface area contributed by atoms with Gasteiger partial charge in [0.05, 0.1) is 0 Å². The van der Waals surface area contributed by atoms with Crippen LogP contribution in [0.15, 0.2) is 146 Å². The highest BCUT2D eigenvalue weighted by molar-refractivity contribution is 5.71. The minimum Gasteiger partial charge on any atom is -0.462 e. The monoisotopic (exact) mass is 1080 g/mol. The largest absolute Gasteiger partial charge is 0.462 e. The van der Waals surface area contributed by atoms with Gasteiger partial charge >= 0.3 is 17.9 Å². The Labute approximate surface area is 480 Å². The van der Waals surface area contributed by atoms with Crippen LogP contribution < -0.4 is 0 Å². The second-order valence-corrected chi connectivity index (χ2v) is 20.6. The molecule has 0 spiro atoms. The Morgan fingerprint density at radius 1 is 0.269 bits per heavy atom. The Morgan fingerprint density at radius 3 is 0.833 bits per heavy atom. The Morgan fingerprint density at radius 2 is 0.513 bits per heavy atom. The summed E-state index contributed by atoms with van der Waals surface area (Å²) in [6.07, 6.45) is 92.8. The van der Waals surface area contributed by atoms with Crippen LogP contribution in [0.25, 0.3) is 0 Å². The SMILES string of the molecule is CC/C=C\C/C=C\C/C=C\C/C=C\C/C=C\C/C=C\C/C=C\C/C=C\C/C=C\CCCC(=O)OCC(COC(=O)CCCCCCC/C=C\C/C=C\C/C=C\CC)OC(=O)CCCCCCCCCCCCCCCCCC. The van der Waals surface area contributed by atoms with E-state index in [1.165, 1.54) is 83.5 Å². The molecule has 1 unspecified atom stereocenters. The Balaban J connectivity index is 4.46. The van der Waals surface area contributed by atoms with Gasteiger partial charge in [-0.1, -0.05) is 282 Å². The molecular formula is C72H116O6. The highest BCUT2D eigenvalue weighted by Gasteiger charge is 2.19. The van der Waals surface area contributed by atoms with Crippen molar-refractivity contribution in [3.05, 3.63) is 146 Å². The number of carbonyl (C=O) groups is 3. The van der Waals surface area contributed by atoms with Gasteiger partial charge in [0.15, 0.2) is 6.10 Å². The zero-order chi connectivity index (χ0) is 56.4. The number of hydrogen-bond donors (Lipinski definition) is 0. The van der Waals surface area contributed by atoms with Crippen molar-refractivity contribution in [3.8, 4) is 0 Å². The molecule has 0 amide bonds. The molecule has 6 heteroatoms. The number of unbranched alkanes of at least 4 members (excludes halogenated alkanes) is 21. The van der Waals surface area contributed by atoms with Crippen LogP contribution in [-0.4, -0.2) is 37.2 Å². The molecule has 0 aliphatic rings. The molecule has 440 valence electrons. The minimum absolute atomic E-state index is 0.108. The molecule has 0 heterocycles. The molecule has 0 N–H and O–H groups in total. The van der Waals surface area contributed by atoms with Crippen molar-refractivity contribution in [2.75, 3.05) is 13.2 Å². The number of esters is 3. The first-order valence-corrected chi connectivity index (χ1v) is 31.8. The lowest BCUT2D eigenvalue weighted by molar-refractivity contribution is -0.167. The summed E-state index contributed by atoms with van der Waals surface area (Å²) in [5.74, 6) is -0.983. The summed E-state index contributed by atoms with van der Waals surface area (Å²) in [4.78, 5) is 38.3. The van der Waals surface area contributed by atoms with Gasteiger partial charge in [-0.15, -0.1) is 0 Å². The minimum atomic E-state index is -0.814. The fraction of sp³-hybridized carbons (Fsp3) is 0.625. The predicted octanol–water partition coefficient (Wildman–Crippen LogP) is 21.9. The standard InChI is InChI=1S/C72H116O6/c1-4-7-10-13-16-19-22-25-28-30-31-32-33-34-35-36-37-38-39-40-41-42-45-47-50-53-56-59-62-65-71(74)77-68-69(67-76-70(73)64-61-58-55-52-49-46-43-27-24-21-18-15-12-9-6-3)78-72(75)66-63-60-57-54-51-48-44-29-26-23-20-17-14-11-8-5-2/h7,9-10,12,16,18-19,21,25,27-28,31-32,34-35,37-38,40-41,43,45,47,53,56,69H,4-6,8,11,13-15,17,20,22-24,26,29-30,33,36,39,42,44,46,48-52,54-55,57-68H2,1-3H3/b10-7-,12-9-,19-16-,21-18-,28-25-,32-31-,35-34-,38-37-,41-40-,43-27-,47-45-,56-53-. The summed E-state index contributed by atoms with van der Waals surface area (Å²) in [5, 5.41) is 0.